The molecule has 0 aromatic carbocycles. The normalized spacial score (nSPS) is 20.3. The highest BCUT2D eigenvalue weighted by molar-refractivity contribution is 5.76. The average Bonchev–Trinajstić information content (AvgIpc) is 3.21. The lowest BCUT2D eigenvalue weighted by atomic mass is 9.83. The SMILES string of the molecule is O=C(CCCCCn1cccc1)N1C[C@H]2C[C@@H](C1)c1ccc([N+](=O)[O-])c(=O)n1C2. The number of piperidine rings is 1. The Morgan fingerprint density at radius 3 is 2.66 bits per heavy atom. The summed E-state index contributed by atoms with van der Waals surface area (Å²) in [5.74, 6) is 0.436. The number of unbranched alkanes of at least 4 members (excludes halogenated alkanes) is 2. The van der Waals surface area contributed by atoms with Gasteiger partial charge in [-0.2, -0.15) is 0 Å². The number of pyridine rings is 1. The molecule has 8 heteroatoms. The van der Waals surface area contributed by atoms with Gasteiger partial charge in [-0.15, -0.1) is 0 Å². The number of likely N-dealkylation sites (tertiary alicyclic amines) is 1. The van der Waals surface area contributed by atoms with Crippen molar-refractivity contribution in [1.29, 1.82) is 0 Å². The Morgan fingerprint density at radius 2 is 1.90 bits per heavy atom. The third kappa shape index (κ3) is 4.11. The van der Waals surface area contributed by atoms with E-state index < -0.39 is 10.5 Å². The molecule has 2 aromatic heterocycles. The van der Waals surface area contributed by atoms with E-state index in [1.54, 1.807) is 10.6 Å². The molecule has 0 radical (unpaired) electrons. The number of fused-ring (bicyclic) bond motifs is 4. The second kappa shape index (κ2) is 8.23. The number of amides is 1. The van der Waals surface area contributed by atoms with Crippen molar-refractivity contribution in [3.63, 3.8) is 0 Å². The number of hydrogen-bond acceptors (Lipinski definition) is 4. The first-order valence-corrected chi connectivity index (χ1v) is 10.3. The van der Waals surface area contributed by atoms with Crippen molar-refractivity contribution in [3.05, 3.63) is 62.8 Å². The van der Waals surface area contributed by atoms with E-state index in [0.717, 1.165) is 37.9 Å². The van der Waals surface area contributed by atoms with Crippen LogP contribution in [-0.4, -0.2) is 38.0 Å². The summed E-state index contributed by atoms with van der Waals surface area (Å²) < 4.78 is 3.71. The lowest BCUT2D eigenvalue weighted by Crippen LogP contribution is -2.49. The summed E-state index contributed by atoms with van der Waals surface area (Å²) >= 11 is 0. The molecule has 4 rings (SSSR count). The molecule has 4 heterocycles. The summed E-state index contributed by atoms with van der Waals surface area (Å²) in [5, 5.41) is 11.0. The third-order valence-electron chi connectivity index (χ3n) is 6.11. The van der Waals surface area contributed by atoms with Crippen molar-refractivity contribution in [2.75, 3.05) is 13.1 Å². The van der Waals surface area contributed by atoms with Gasteiger partial charge in [0.05, 0.1) is 4.92 Å². The predicted molar refractivity (Wildman–Crippen MR) is 108 cm³/mol. The molecule has 29 heavy (non-hydrogen) atoms. The third-order valence-corrected chi connectivity index (χ3v) is 6.11. The first-order chi connectivity index (χ1) is 14.0. The molecule has 2 aromatic rings. The quantitative estimate of drug-likeness (QED) is 0.407. The number of aromatic nitrogens is 2. The van der Waals surface area contributed by atoms with Crippen LogP contribution in [0.3, 0.4) is 0 Å². The Morgan fingerprint density at radius 1 is 1.10 bits per heavy atom. The monoisotopic (exact) mass is 398 g/mol. The zero-order chi connectivity index (χ0) is 20.4. The van der Waals surface area contributed by atoms with Crippen LogP contribution < -0.4 is 5.56 Å². The first kappa shape index (κ1) is 19.4. The van der Waals surface area contributed by atoms with Crippen LogP contribution in [0.1, 0.15) is 43.7 Å². The van der Waals surface area contributed by atoms with Crippen LogP contribution in [0.5, 0.6) is 0 Å². The topological polar surface area (TPSA) is 90.4 Å². The van der Waals surface area contributed by atoms with Crippen LogP contribution in [0.2, 0.25) is 0 Å². The van der Waals surface area contributed by atoms with Crippen LogP contribution in [-0.2, 0) is 17.9 Å². The van der Waals surface area contributed by atoms with Gasteiger partial charge in [-0.25, -0.2) is 0 Å². The van der Waals surface area contributed by atoms with E-state index in [-0.39, 0.29) is 23.4 Å². The van der Waals surface area contributed by atoms with Gasteiger partial charge in [0.2, 0.25) is 5.91 Å². The zero-order valence-corrected chi connectivity index (χ0v) is 16.4. The van der Waals surface area contributed by atoms with E-state index in [9.17, 15) is 19.7 Å². The molecule has 154 valence electrons. The summed E-state index contributed by atoms with van der Waals surface area (Å²) in [6.07, 6.45) is 8.55. The van der Waals surface area contributed by atoms with Gasteiger partial charge in [0.25, 0.3) is 0 Å². The molecular formula is C21H26N4O4. The Hall–Kier alpha value is -2.90. The van der Waals surface area contributed by atoms with Crippen LogP contribution in [0.15, 0.2) is 41.5 Å². The molecule has 0 unspecified atom stereocenters. The van der Waals surface area contributed by atoms with Crippen molar-refractivity contribution in [3.8, 4) is 0 Å². The van der Waals surface area contributed by atoms with Gasteiger partial charge < -0.3 is 14.0 Å². The number of hydrogen-bond donors (Lipinski definition) is 0. The fourth-order valence-corrected chi connectivity index (χ4v) is 4.70. The molecule has 1 fully saturated rings. The van der Waals surface area contributed by atoms with E-state index in [1.807, 2.05) is 17.0 Å². The lowest BCUT2D eigenvalue weighted by molar-refractivity contribution is -0.386. The molecule has 1 amide bonds. The van der Waals surface area contributed by atoms with Crippen molar-refractivity contribution < 1.29 is 9.72 Å². The first-order valence-electron chi connectivity index (χ1n) is 10.3. The van der Waals surface area contributed by atoms with Crippen LogP contribution in [0.25, 0.3) is 0 Å². The summed E-state index contributed by atoms with van der Waals surface area (Å²) in [7, 11) is 0. The maximum absolute atomic E-state index is 12.7. The minimum absolute atomic E-state index is 0.0775. The van der Waals surface area contributed by atoms with Gasteiger partial charge >= 0.3 is 11.2 Å². The van der Waals surface area contributed by atoms with E-state index in [0.29, 0.717) is 26.1 Å². The Labute approximate surface area is 168 Å². The molecule has 2 bridgehead atoms. The molecular weight excluding hydrogens is 372 g/mol. The van der Waals surface area contributed by atoms with Gasteiger partial charge in [-0.1, -0.05) is 6.42 Å². The molecule has 2 atom stereocenters. The maximum Gasteiger partial charge on any atom is 0.334 e. The molecule has 2 aliphatic rings. The number of carbonyl (C=O) groups excluding carboxylic acids is 1. The summed E-state index contributed by atoms with van der Waals surface area (Å²) in [6.45, 7) is 2.66. The van der Waals surface area contributed by atoms with Gasteiger partial charge in [-0.05, 0) is 43.4 Å². The largest absolute Gasteiger partial charge is 0.354 e. The fourth-order valence-electron chi connectivity index (χ4n) is 4.70. The molecule has 0 saturated carbocycles. The van der Waals surface area contributed by atoms with Gasteiger partial charge in [0, 0.05) is 62.7 Å². The van der Waals surface area contributed by atoms with Crippen molar-refractivity contribution >= 4 is 11.6 Å². The second-order valence-corrected chi connectivity index (χ2v) is 8.15. The summed E-state index contributed by atoms with van der Waals surface area (Å²) in [5.41, 5.74) is -0.0766. The highest BCUT2D eigenvalue weighted by Crippen LogP contribution is 2.35. The molecule has 0 N–H and O–H groups in total. The van der Waals surface area contributed by atoms with Gasteiger partial charge in [0.15, 0.2) is 0 Å². The molecule has 0 aliphatic carbocycles. The fraction of sp³-hybridized carbons (Fsp3) is 0.524. The number of carbonyl (C=O) groups is 1. The van der Waals surface area contributed by atoms with Crippen molar-refractivity contribution in [2.24, 2.45) is 5.92 Å². The highest BCUT2D eigenvalue weighted by Gasteiger charge is 2.37. The maximum atomic E-state index is 12.7. The Kier molecular flexibility index (Phi) is 5.51. The highest BCUT2D eigenvalue weighted by atomic mass is 16.6. The standard InChI is InChI=1S/C21H26N4O4/c26-20(6-2-1-3-9-22-10-4-5-11-22)23-13-16-12-17(15-23)18-7-8-19(25(28)29)21(27)24(18)14-16/h4-5,7-8,10-11,16-17H,1-3,6,9,12-15H2/t16-,17+/m1/s1. The van der Waals surface area contributed by atoms with Crippen LogP contribution in [0, 0.1) is 16.0 Å². The van der Waals surface area contributed by atoms with E-state index in [2.05, 4.69) is 17.0 Å². The minimum Gasteiger partial charge on any atom is -0.354 e. The van der Waals surface area contributed by atoms with Crippen LogP contribution >= 0.6 is 0 Å². The Bertz CT molecular complexity index is 950. The molecule has 8 nitrogen and oxygen atoms in total. The van der Waals surface area contributed by atoms with E-state index >= 15 is 0 Å². The molecule has 2 aliphatic heterocycles. The smallest absolute Gasteiger partial charge is 0.334 e. The number of rotatable bonds is 7. The summed E-state index contributed by atoms with van der Waals surface area (Å²) in [4.78, 5) is 37.5. The van der Waals surface area contributed by atoms with E-state index in [4.69, 9.17) is 0 Å². The van der Waals surface area contributed by atoms with E-state index in [1.165, 1.54) is 6.07 Å². The number of nitro groups is 1. The van der Waals surface area contributed by atoms with Crippen LogP contribution in [0.4, 0.5) is 5.69 Å². The Balaban J connectivity index is 1.33. The average molecular weight is 398 g/mol. The van der Waals surface area contributed by atoms with Crippen molar-refractivity contribution in [2.45, 2.75) is 51.1 Å². The lowest BCUT2D eigenvalue weighted by Gasteiger charge is -2.42. The number of nitrogens with zero attached hydrogens (tertiary/aromatic N) is 4. The minimum atomic E-state index is -0.619. The summed E-state index contributed by atoms with van der Waals surface area (Å²) in [6, 6.07) is 7.03. The molecule has 1 saturated heterocycles. The molecule has 0 spiro atoms. The zero-order valence-electron chi connectivity index (χ0n) is 16.4. The number of aryl methyl sites for hydroxylation is 1. The van der Waals surface area contributed by atoms with Gasteiger partial charge in [0.1, 0.15) is 0 Å². The predicted octanol–water partition coefficient (Wildman–Crippen LogP) is 2.76. The van der Waals surface area contributed by atoms with Gasteiger partial charge in [-0.3, -0.25) is 19.7 Å². The van der Waals surface area contributed by atoms with Crippen molar-refractivity contribution in [1.82, 2.24) is 14.0 Å². The second-order valence-electron chi connectivity index (χ2n) is 8.15.